The van der Waals surface area contributed by atoms with Crippen molar-refractivity contribution in [3.05, 3.63) is 28.7 Å². The number of halogens is 2. The molecule has 0 aromatic heterocycles. The first-order valence-electron chi connectivity index (χ1n) is 7.86. The topological polar surface area (TPSA) is 61.8 Å². The molecule has 1 N–H and O–H groups in total. The zero-order valence-electron chi connectivity index (χ0n) is 14.0. The van der Waals surface area contributed by atoms with Crippen LogP contribution in [0.2, 0.25) is 0 Å². The molecule has 1 aliphatic rings. The fourth-order valence-electron chi connectivity index (χ4n) is 2.77. The van der Waals surface area contributed by atoms with Crippen LogP contribution in [0.3, 0.4) is 0 Å². The minimum atomic E-state index is -3.28. The van der Waals surface area contributed by atoms with Gasteiger partial charge in [0.05, 0.1) is 10.6 Å². The molecule has 0 bridgehead atoms. The first kappa shape index (κ1) is 21.7. The Labute approximate surface area is 170 Å². The average Bonchev–Trinajstić information content (AvgIpc) is 2.52. The van der Waals surface area contributed by atoms with Crippen molar-refractivity contribution in [1.29, 1.82) is 0 Å². The summed E-state index contributed by atoms with van der Waals surface area (Å²) in [6.45, 7) is 4.54. The van der Waals surface area contributed by atoms with E-state index >= 15 is 0 Å². The molecule has 1 saturated heterocycles. The van der Waals surface area contributed by atoms with Crippen LogP contribution in [0.25, 0.3) is 0 Å². The van der Waals surface area contributed by atoms with E-state index in [1.165, 1.54) is 6.42 Å². The minimum absolute atomic E-state index is 0. The molecule has 5 nitrogen and oxygen atoms in total. The summed E-state index contributed by atoms with van der Waals surface area (Å²) in [6.07, 6.45) is 2.39. The van der Waals surface area contributed by atoms with Gasteiger partial charge >= 0.3 is 0 Å². The average molecular weight is 530 g/mol. The van der Waals surface area contributed by atoms with Gasteiger partial charge < -0.3 is 10.2 Å². The van der Waals surface area contributed by atoms with Crippen LogP contribution in [-0.4, -0.2) is 51.7 Å². The first-order chi connectivity index (χ1) is 10.9. The van der Waals surface area contributed by atoms with Gasteiger partial charge in [-0.05, 0) is 43.0 Å². The highest BCUT2D eigenvalue weighted by Gasteiger charge is 2.20. The maximum atomic E-state index is 12.3. The van der Waals surface area contributed by atoms with Crippen molar-refractivity contribution in [2.75, 3.05) is 32.4 Å². The Morgan fingerprint density at radius 3 is 2.62 bits per heavy atom. The predicted octanol–water partition coefficient (Wildman–Crippen LogP) is 3.15. The van der Waals surface area contributed by atoms with Crippen molar-refractivity contribution in [2.24, 2.45) is 10.9 Å². The van der Waals surface area contributed by atoms with Crippen LogP contribution in [0.5, 0.6) is 0 Å². The number of nitrogens with one attached hydrogen (secondary N) is 1. The summed E-state index contributed by atoms with van der Waals surface area (Å²) >= 11 is 3.31. The Hall–Kier alpha value is -0.350. The smallest absolute Gasteiger partial charge is 0.193 e. The van der Waals surface area contributed by atoms with E-state index < -0.39 is 9.84 Å². The number of piperidine rings is 1. The second-order valence-corrected chi connectivity index (χ2v) is 8.97. The van der Waals surface area contributed by atoms with Crippen molar-refractivity contribution in [3.8, 4) is 0 Å². The summed E-state index contributed by atoms with van der Waals surface area (Å²) in [5, 5.41) is 3.18. The third-order valence-corrected chi connectivity index (χ3v) is 6.26. The highest BCUT2D eigenvalue weighted by molar-refractivity contribution is 14.0. The molecule has 1 fully saturated rings. The number of guanidine groups is 1. The summed E-state index contributed by atoms with van der Waals surface area (Å²) in [7, 11) is -1.54. The molecule has 1 aliphatic heterocycles. The van der Waals surface area contributed by atoms with Gasteiger partial charge in [0.15, 0.2) is 15.8 Å². The Morgan fingerprint density at radius 2 is 2.04 bits per heavy atom. The fraction of sp³-hybridized carbons (Fsp3) is 0.562. The Morgan fingerprint density at radius 1 is 1.38 bits per heavy atom. The summed E-state index contributed by atoms with van der Waals surface area (Å²) in [5.41, 5.74) is 0. The lowest BCUT2D eigenvalue weighted by Gasteiger charge is -2.33. The SMILES string of the molecule is CN=C(NCCS(=O)(=O)c1ccc(Br)cc1)N1CCCC(C)C1.I. The number of hydrogen-bond donors (Lipinski definition) is 1. The monoisotopic (exact) mass is 529 g/mol. The molecule has 0 amide bonds. The molecule has 0 radical (unpaired) electrons. The van der Waals surface area contributed by atoms with Gasteiger partial charge in [-0.15, -0.1) is 24.0 Å². The van der Waals surface area contributed by atoms with Crippen molar-refractivity contribution >= 4 is 55.7 Å². The van der Waals surface area contributed by atoms with Gasteiger partial charge in [0.25, 0.3) is 0 Å². The van der Waals surface area contributed by atoms with E-state index in [0.29, 0.717) is 17.4 Å². The Bertz CT molecular complexity index is 650. The number of rotatable bonds is 4. The molecule has 1 atom stereocenters. The summed E-state index contributed by atoms with van der Waals surface area (Å²) in [5.74, 6) is 1.49. The number of benzene rings is 1. The molecule has 0 aliphatic carbocycles. The van der Waals surface area contributed by atoms with Crippen molar-refractivity contribution in [3.63, 3.8) is 0 Å². The van der Waals surface area contributed by atoms with Crippen molar-refractivity contribution < 1.29 is 8.42 Å². The van der Waals surface area contributed by atoms with E-state index in [2.05, 4.69) is 38.1 Å². The second-order valence-electron chi connectivity index (χ2n) is 5.94. The second kappa shape index (κ2) is 9.96. The number of likely N-dealkylation sites (tertiary alicyclic amines) is 1. The molecular weight excluding hydrogens is 505 g/mol. The predicted molar refractivity (Wildman–Crippen MR) is 113 cm³/mol. The van der Waals surface area contributed by atoms with Gasteiger partial charge in [0.1, 0.15) is 0 Å². The van der Waals surface area contributed by atoms with Gasteiger partial charge in [-0.3, -0.25) is 4.99 Å². The van der Waals surface area contributed by atoms with Crippen LogP contribution in [0, 0.1) is 5.92 Å². The molecule has 0 spiro atoms. The standard InChI is InChI=1S/C16H24BrN3O2S.HI/c1-13-4-3-10-20(12-13)16(18-2)19-9-11-23(21,22)15-7-5-14(17)6-8-15;/h5-8,13H,3-4,9-12H2,1-2H3,(H,18,19);1H. The van der Waals surface area contributed by atoms with Crippen LogP contribution in [0.1, 0.15) is 19.8 Å². The summed E-state index contributed by atoms with van der Waals surface area (Å²) in [6, 6.07) is 6.74. The van der Waals surface area contributed by atoms with Gasteiger partial charge in [-0.2, -0.15) is 0 Å². The fourth-order valence-corrected chi connectivity index (χ4v) is 4.19. The first-order valence-corrected chi connectivity index (χ1v) is 10.3. The maximum Gasteiger partial charge on any atom is 0.193 e. The third kappa shape index (κ3) is 6.18. The summed E-state index contributed by atoms with van der Waals surface area (Å²) in [4.78, 5) is 6.84. The highest BCUT2D eigenvalue weighted by Crippen LogP contribution is 2.16. The number of nitrogens with zero attached hydrogens (tertiary/aromatic N) is 2. The van der Waals surface area contributed by atoms with E-state index in [9.17, 15) is 8.42 Å². The molecule has 0 saturated carbocycles. The maximum absolute atomic E-state index is 12.3. The Balaban J connectivity index is 0.00000288. The lowest BCUT2D eigenvalue weighted by Crippen LogP contribution is -2.47. The molecule has 8 heteroatoms. The quantitative estimate of drug-likeness (QED) is 0.370. The van der Waals surface area contributed by atoms with Gasteiger partial charge in [-0.25, -0.2) is 8.42 Å². The lowest BCUT2D eigenvalue weighted by molar-refractivity contribution is 0.266. The molecule has 1 heterocycles. The van der Waals surface area contributed by atoms with Crippen LogP contribution in [-0.2, 0) is 9.84 Å². The molecule has 1 aromatic carbocycles. The third-order valence-electron chi connectivity index (χ3n) is 4.00. The highest BCUT2D eigenvalue weighted by atomic mass is 127. The number of sulfone groups is 1. The number of hydrogen-bond acceptors (Lipinski definition) is 3. The van der Waals surface area contributed by atoms with Crippen LogP contribution >= 0.6 is 39.9 Å². The number of aliphatic imine (C=N–C) groups is 1. The minimum Gasteiger partial charge on any atom is -0.355 e. The molecule has 1 aromatic rings. The van der Waals surface area contributed by atoms with Crippen molar-refractivity contribution in [1.82, 2.24) is 10.2 Å². The van der Waals surface area contributed by atoms with E-state index in [1.807, 2.05) is 0 Å². The normalized spacial score (nSPS) is 18.9. The molecule has 24 heavy (non-hydrogen) atoms. The largest absolute Gasteiger partial charge is 0.355 e. The zero-order chi connectivity index (χ0) is 16.9. The molecule has 1 unspecified atom stereocenters. The van der Waals surface area contributed by atoms with Crippen molar-refractivity contribution in [2.45, 2.75) is 24.7 Å². The van der Waals surface area contributed by atoms with E-state index in [1.54, 1.807) is 31.3 Å². The lowest BCUT2D eigenvalue weighted by atomic mass is 10.0. The van der Waals surface area contributed by atoms with E-state index in [4.69, 9.17) is 0 Å². The zero-order valence-corrected chi connectivity index (χ0v) is 18.8. The molecule has 136 valence electrons. The molecular formula is C16H25BrIN3O2S. The Kier molecular flexibility index (Phi) is 9.00. The van der Waals surface area contributed by atoms with Crippen LogP contribution < -0.4 is 5.32 Å². The van der Waals surface area contributed by atoms with E-state index in [-0.39, 0.29) is 29.7 Å². The van der Waals surface area contributed by atoms with Gasteiger partial charge in [0, 0.05) is 31.2 Å². The van der Waals surface area contributed by atoms with Gasteiger partial charge in [-0.1, -0.05) is 22.9 Å². The van der Waals surface area contributed by atoms with Gasteiger partial charge in [0.2, 0.25) is 0 Å². The summed E-state index contributed by atoms with van der Waals surface area (Å²) < 4.78 is 25.5. The molecule has 2 rings (SSSR count). The van der Waals surface area contributed by atoms with Crippen LogP contribution in [0.4, 0.5) is 0 Å². The van der Waals surface area contributed by atoms with E-state index in [0.717, 1.165) is 29.9 Å². The van der Waals surface area contributed by atoms with Crippen LogP contribution in [0.15, 0.2) is 38.6 Å².